The SMILES string of the molecule is COc1ccccc1N(CCC#N)C(=O)CSc1nnc(-c2cccnc2)o1. The predicted molar refractivity (Wildman–Crippen MR) is 104 cm³/mol. The van der Waals surface area contributed by atoms with Gasteiger partial charge in [-0.15, -0.1) is 10.2 Å². The normalized spacial score (nSPS) is 10.3. The Kier molecular flexibility index (Phi) is 6.59. The van der Waals surface area contributed by atoms with Crippen molar-refractivity contribution in [2.75, 3.05) is 24.3 Å². The number of aromatic nitrogens is 3. The molecule has 2 heterocycles. The fourth-order valence-electron chi connectivity index (χ4n) is 2.47. The third kappa shape index (κ3) is 4.66. The molecule has 0 N–H and O–H groups in total. The molecule has 28 heavy (non-hydrogen) atoms. The number of nitriles is 1. The largest absolute Gasteiger partial charge is 0.495 e. The molecule has 9 heteroatoms. The molecule has 0 atom stereocenters. The summed E-state index contributed by atoms with van der Waals surface area (Å²) in [4.78, 5) is 18.4. The minimum atomic E-state index is -0.189. The second-order valence-electron chi connectivity index (χ2n) is 5.53. The van der Waals surface area contributed by atoms with Gasteiger partial charge in [-0.3, -0.25) is 9.78 Å². The van der Waals surface area contributed by atoms with Crippen LogP contribution in [0.2, 0.25) is 0 Å². The lowest BCUT2D eigenvalue weighted by molar-refractivity contribution is -0.116. The van der Waals surface area contributed by atoms with E-state index >= 15 is 0 Å². The van der Waals surface area contributed by atoms with Crippen LogP contribution in [0.3, 0.4) is 0 Å². The molecule has 0 saturated carbocycles. The van der Waals surface area contributed by atoms with Crippen molar-refractivity contribution in [3.05, 3.63) is 48.8 Å². The quantitative estimate of drug-likeness (QED) is 0.536. The molecule has 0 aliphatic heterocycles. The Bertz CT molecular complexity index is 971. The van der Waals surface area contributed by atoms with Crippen LogP contribution in [0.25, 0.3) is 11.5 Å². The maximum Gasteiger partial charge on any atom is 0.277 e. The molecule has 142 valence electrons. The second-order valence-corrected chi connectivity index (χ2v) is 6.46. The van der Waals surface area contributed by atoms with Crippen molar-refractivity contribution in [1.82, 2.24) is 15.2 Å². The molecular formula is C19H17N5O3S. The zero-order chi connectivity index (χ0) is 19.8. The summed E-state index contributed by atoms with van der Waals surface area (Å²) in [6.07, 6.45) is 3.49. The molecule has 3 rings (SSSR count). The molecule has 0 aliphatic carbocycles. The zero-order valence-electron chi connectivity index (χ0n) is 15.1. The average Bonchev–Trinajstić information content (AvgIpc) is 3.22. The molecule has 0 bridgehead atoms. The number of anilines is 1. The molecule has 0 fully saturated rings. The first kappa shape index (κ1) is 19.4. The van der Waals surface area contributed by atoms with Crippen LogP contribution in [0.5, 0.6) is 5.75 Å². The van der Waals surface area contributed by atoms with E-state index in [2.05, 4.69) is 21.3 Å². The van der Waals surface area contributed by atoms with E-state index in [-0.39, 0.29) is 29.8 Å². The third-order valence-electron chi connectivity index (χ3n) is 3.76. The smallest absolute Gasteiger partial charge is 0.277 e. The summed E-state index contributed by atoms with van der Waals surface area (Å²) in [6, 6.07) is 12.8. The maximum atomic E-state index is 12.8. The highest BCUT2D eigenvalue weighted by Gasteiger charge is 2.20. The zero-order valence-corrected chi connectivity index (χ0v) is 15.9. The van der Waals surface area contributed by atoms with Crippen molar-refractivity contribution in [1.29, 1.82) is 5.26 Å². The summed E-state index contributed by atoms with van der Waals surface area (Å²) in [5, 5.41) is 17.2. The van der Waals surface area contributed by atoms with Crippen LogP contribution in [0.1, 0.15) is 6.42 Å². The average molecular weight is 395 g/mol. The number of carbonyl (C=O) groups excluding carboxylic acids is 1. The van der Waals surface area contributed by atoms with Gasteiger partial charge in [0.2, 0.25) is 11.8 Å². The first-order valence-electron chi connectivity index (χ1n) is 8.40. The molecule has 8 nitrogen and oxygen atoms in total. The van der Waals surface area contributed by atoms with E-state index in [9.17, 15) is 4.79 Å². The summed E-state index contributed by atoms with van der Waals surface area (Å²) in [5.74, 6) is 0.799. The summed E-state index contributed by atoms with van der Waals surface area (Å²) in [5.41, 5.74) is 1.32. The fourth-order valence-corrected chi connectivity index (χ4v) is 3.11. The Morgan fingerprint density at radius 3 is 2.89 bits per heavy atom. The van der Waals surface area contributed by atoms with Crippen LogP contribution in [0.15, 0.2) is 58.4 Å². The molecule has 0 saturated heterocycles. The highest BCUT2D eigenvalue weighted by atomic mass is 32.2. The van der Waals surface area contributed by atoms with Crippen molar-refractivity contribution in [2.24, 2.45) is 0 Å². The number of pyridine rings is 1. The molecule has 2 aromatic heterocycles. The minimum Gasteiger partial charge on any atom is -0.495 e. The van der Waals surface area contributed by atoms with Crippen LogP contribution in [-0.2, 0) is 4.79 Å². The Morgan fingerprint density at radius 1 is 1.29 bits per heavy atom. The van der Waals surface area contributed by atoms with Crippen molar-refractivity contribution < 1.29 is 13.9 Å². The molecule has 3 aromatic rings. The minimum absolute atomic E-state index is 0.0815. The van der Waals surface area contributed by atoms with E-state index in [4.69, 9.17) is 14.4 Å². The van der Waals surface area contributed by atoms with Crippen LogP contribution >= 0.6 is 11.8 Å². The number of ether oxygens (including phenoxy) is 1. The monoisotopic (exact) mass is 395 g/mol. The molecule has 0 spiro atoms. The van der Waals surface area contributed by atoms with Gasteiger partial charge in [0, 0.05) is 18.9 Å². The molecule has 1 aromatic carbocycles. The van der Waals surface area contributed by atoms with Crippen molar-refractivity contribution >= 4 is 23.4 Å². The van der Waals surface area contributed by atoms with Crippen LogP contribution in [0, 0.1) is 11.3 Å². The highest BCUT2D eigenvalue weighted by molar-refractivity contribution is 7.99. The van der Waals surface area contributed by atoms with Crippen LogP contribution in [0.4, 0.5) is 5.69 Å². The fraction of sp³-hybridized carbons (Fsp3) is 0.211. The van der Waals surface area contributed by atoms with Gasteiger partial charge in [-0.2, -0.15) is 5.26 Å². The third-order valence-corrected chi connectivity index (χ3v) is 4.56. The predicted octanol–water partition coefficient (Wildman–Crippen LogP) is 3.18. The van der Waals surface area contributed by atoms with Gasteiger partial charge in [-0.25, -0.2) is 0 Å². The van der Waals surface area contributed by atoms with E-state index < -0.39 is 0 Å². The Hall–Kier alpha value is -3.38. The van der Waals surface area contributed by atoms with Crippen LogP contribution in [-0.4, -0.2) is 40.5 Å². The summed E-state index contributed by atoms with van der Waals surface area (Å²) in [7, 11) is 1.54. The van der Waals surface area contributed by atoms with Gasteiger partial charge in [-0.05, 0) is 24.3 Å². The number of hydrogen-bond acceptors (Lipinski definition) is 8. The maximum absolute atomic E-state index is 12.8. The van der Waals surface area contributed by atoms with Gasteiger partial charge in [0.25, 0.3) is 5.22 Å². The lowest BCUT2D eigenvalue weighted by Crippen LogP contribution is -2.33. The number of nitrogens with zero attached hydrogens (tertiary/aromatic N) is 5. The summed E-state index contributed by atoms with van der Waals surface area (Å²) < 4.78 is 10.9. The first-order chi connectivity index (χ1) is 13.7. The number of hydrogen-bond donors (Lipinski definition) is 0. The van der Waals surface area contributed by atoms with Crippen LogP contribution < -0.4 is 9.64 Å². The van der Waals surface area contributed by atoms with E-state index in [0.29, 0.717) is 22.9 Å². The number of para-hydroxylation sites is 2. The topological polar surface area (TPSA) is 105 Å². The molecule has 0 radical (unpaired) electrons. The van der Waals surface area contributed by atoms with E-state index in [0.717, 1.165) is 11.8 Å². The number of amides is 1. The molecule has 1 amide bonds. The molecule has 0 aliphatic rings. The van der Waals surface area contributed by atoms with Gasteiger partial charge in [0.05, 0.1) is 36.6 Å². The van der Waals surface area contributed by atoms with Crippen molar-refractivity contribution in [2.45, 2.75) is 11.6 Å². The number of methoxy groups -OCH3 is 1. The second kappa shape index (κ2) is 9.53. The number of carbonyl (C=O) groups is 1. The Balaban J connectivity index is 1.71. The van der Waals surface area contributed by atoms with E-state index in [1.807, 2.05) is 18.2 Å². The van der Waals surface area contributed by atoms with Crippen molar-refractivity contribution in [3.8, 4) is 23.3 Å². The van der Waals surface area contributed by atoms with E-state index in [1.54, 1.807) is 37.7 Å². The number of benzene rings is 1. The summed E-state index contributed by atoms with van der Waals surface area (Å²) in [6.45, 7) is 0.265. The lowest BCUT2D eigenvalue weighted by Gasteiger charge is -2.23. The number of rotatable bonds is 8. The van der Waals surface area contributed by atoms with Crippen molar-refractivity contribution in [3.63, 3.8) is 0 Å². The standard InChI is InChI=1S/C19H17N5O3S/c1-26-16-8-3-2-7-15(16)24(11-5-9-20)17(25)13-28-19-23-22-18(27-19)14-6-4-10-21-12-14/h2-4,6-8,10,12H,5,11,13H2,1H3. The summed E-state index contributed by atoms with van der Waals surface area (Å²) >= 11 is 1.14. The molecular weight excluding hydrogens is 378 g/mol. The van der Waals surface area contributed by atoms with Gasteiger partial charge in [-0.1, -0.05) is 23.9 Å². The first-order valence-corrected chi connectivity index (χ1v) is 9.38. The Morgan fingerprint density at radius 2 is 2.14 bits per heavy atom. The highest BCUT2D eigenvalue weighted by Crippen LogP contribution is 2.29. The van der Waals surface area contributed by atoms with Gasteiger partial charge < -0.3 is 14.1 Å². The van der Waals surface area contributed by atoms with Gasteiger partial charge in [0.15, 0.2) is 0 Å². The van der Waals surface area contributed by atoms with Gasteiger partial charge in [0.1, 0.15) is 5.75 Å². The number of thioether (sulfide) groups is 1. The Labute approximate surface area is 166 Å². The molecule has 0 unspecified atom stereocenters. The van der Waals surface area contributed by atoms with E-state index in [1.165, 1.54) is 4.90 Å². The lowest BCUT2D eigenvalue weighted by atomic mass is 10.2. The van der Waals surface area contributed by atoms with Gasteiger partial charge >= 0.3 is 0 Å².